The average molecular weight is 300 g/mol. The minimum Gasteiger partial charge on any atom is -0.326 e. The number of hydrogen-bond donors (Lipinski definition) is 1. The number of halogens is 1. The van der Waals surface area contributed by atoms with Gasteiger partial charge in [0.1, 0.15) is 10.7 Å². The first kappa shape index (κ1) is 15.4. The van der Waals surface area contributed by atoms with E-state index in [0.29, 0.717) is 12.1 Å². The Balaban J connectivity index is 2.44. The number of rotatable bonds is 3. The molecule has 1 heterocycles. The van der Waals surface area contributed by atoms with Crippen LogP contribution in [0.15, 0.2) is 23.1 Å². The normalized spacial score (nSPS) is 24.8. The van der Waals surface area contributed by atoms with Crippen LogP contribution in [-0.4, -0.2) is 25.3 Å². The summed E-state index contributed by atoms with van der Waals surface area (Å²) < 4.78 is 40.7. The second-order valence-electron chi connectivity index (χ2n) is 5.44. The van der Waals surface area contributed by atoms with E-state index < -0.39 is 15.8 Å². The van der Waals surface area contributed by atoms with E-state index in [0.717, 1.165) is 12.8 Å². The second-order valence-corrected chi connectivity index (χ2v) is 7.30. The van der Waals surface area contributed by atoms with Crippen molar-refractivity contribution in [2.45, 2.75) is 44.2 Å². The van der Waals surface area contributed by atoms with E-state index in [9.17, 15) is 12.8 Å². The molecule has 0 aromatic heterocycles. The van der Waals surface area contributed by atoms with Gasteiger partial charge in [-0.1, -0.05) is 13.0 Å². The molecule has 2 atom stereocenters. The highest BCUT2D eigenvalue weighted by molar-refractivity contribution is 7.89. The summed E-state index contributed by atoms with van der Waals surface area (Å²) >= 11 is 0. The first-order valence-corrected chi connectivity index (χ1v) is 8.32. The van der Waals surface area contributed by atoms with Crippen molar-refractivity contribution in [1.82, 2.24) is 4.31 Å². The van der Waals surface area contributed by atoms with Crippen molar-refractivity contribution < 1.29 is 12.8 Å². The maximum absolute atomic E-state index is 13.9. The molecule has 2 N–H and O–H groups in total. The third kappa shape index (κ3) is 2.73. The molecule has 1 aromatic carbocycles. The van der Waals surface area contributed by atoms with E-state index in [4.69, 9.17) is 5.73 Å². The Hall–Kier alpha value is -0.980. The molecular formula is C14H21FN2O2S. The summed E-state index contributed by atoms with van der Waals surface area (Å²) in [6.07, 6.45) is 1.81. The molecule has 2 rings (SSSR count). The van der Waals surface area contributed by atoms with Crippen LogP contribution in [0.1, 0.15) is 32.3 Å². The zero-order chi connectivity index (χ0) is 14.9. The first-order chi connectivity index (χ1) is 9.37. The molecule has 1 saturated heterocycles. The lowest BCUT2D eigenvalue weighted by atomic mass is 9.94. The molecule has 20 heavy (non-hydrogen) atoms. The third-order valence-corrected chi connectivity index (χ3v) is 6.13. The van der Waals surface area contributed by atoms with Crippen molar-refractivity contribution in [2.75, 3.05) is 6.54 Å². The topological polar surface area (TPSA) is 63.4 Å². The van der Waals surface area contributed by atoms with E-state index in [-0.39, 0.29) is 23.4 Å². The highest BCUT2D eigenvalue weighted by atomic mass is 32.2. The van der Waals surface area contributed by atoms with Crippen molar-refractivity contribution in [1.29, 1.82) is 0 Å². The summed E-state index contributed by atoms with van der Waals surface area (Å²) in [6.45, 7) is 4.54. The van der Waals surface area contributed by atoms with Crippen LogP contribution in [0.4, 0.5) is 4.39 Å². The molecule has 0 amide bonds. The van der Waals surface area contributed by atoms with Crippen LogP contribution < -0.4 is 5.73 Å². The molecular weight excluding hydrogens is 279 g/mol. The van der Waals surface area contributed by atoms with Gasteiger partial charge < -0.3 is 5.73 Å². The van der Waals surface area contributed by atoms with Gasteiger partial charge in [0.15, 0.2) is 0 Å². The molecule has 0 radical (unpaired) electrons. The molecule has 0 saturated carbocycles. The number of nitrogens with two attached hydrogens (primary N) is 1. The van der Waals surface area contributed by atoms with E-state index in [1.165, 1.54) is 22.5 Å². The molecule has 112 valence electrons. The summed E-state index contributed by atoms with van der Waals surface area (Å²) in [7, 11) is -3.80. The van der Waals surface area contributed by atoms with Crippen LogP contribution in [-0.2, 0) is 16.6 Å². The fraction of sp³-hybridized carbons (Fsp3) is 0.571. The van der Waals surface area contributed by atoms with E-state index in [2.05, 4.69) is 0 Å². The highest BCUT2D eigenvalue weighted by Gasteiger charge is 2.35. The fourth-order valence-corrected chi connectivity index (χ4v) is 4.52. The number of sulfonamides is 1. The van der Waals surface area contributed by atoms with Gasteiger partial charge in [0, 0.05) is 19.1 Å². The Kier molecular flexibility index (Phi) is 4.46. The maximum atomic E-state index is 13.9. The number of benzene rings is 1. The standard InChI is InChI=1S/C14H21FN2O2S/c1-10-4-3-7-17(11(10)2)20(18,19)14-8-12(9-16)5-6-13(14)15/h5-6,8,10-11H,3-4,7,9,16H2,1-2H3. The summed E-state index contributed by atoms with van der Waals surface area (Å²) in [6, 6.07) is 3.91. The molecule has 4 nitrogen and oxygen atoms in total. The minimum absolute atomic E-state index is 0.116. The molecule has 1 aliphatic heterocycles. The molecule has 1 fully saturated rings. The molecule has 0 aliphatic carbocycles. The Morgan fingerprint density at radius 2 is 2.10 bits per heavy atom. The first-order valence-electron chi connectivity index (χ1n) is 6.88. The number of hydrogen-bond acceptors (Lipinski definition) is 3. The van der Waals surface area contributed by atoms with Crippen LogP contribution >= 0.6 is 0 Å². The Morgan fingerprint density at radius 1 is 1.40 bits per heavy atom. The van der Waals surface area contributed by atoms with Gasteiger partial charge in [0.25, 0.3) is 0 Å². The summed E-state index contributed by atoms with van der Waals surface area (Å²) in [5.74, 6) is -0.438. The average Bonchev–Trinajstić information content (AvgIpc) is 2.42. The lowest BCUT2D eigenvalue weighted by molar-refractivity contribution is 0.202. The molecule has 0 spiro atoms. The van der Waals surface area contributed by atoms with Crippen molar-refractivity contribution in [3.05, 3.63) is 29.6 Å². The predicted octanol–water partition coefficient (Wildman–Crippen LogP) is 2.09. The van der Waals surface area contributed by atoms with Crippen molar-refractivity contribution in [2.24, 2.45) is 11.7 Å². The zero-order valence-corrected chi connectivity index (χ0v) is 12.7. The van der Waals surface area contributed by atoms with Gasteiger partial charge in [-0.2, -0.15) is 4.31 Å². The number of nitrogens with zero attached hydrogens (tertiary/aromatic N) is 1. The van der Waals surface area contributed by atoms with Gasteiger partial charge in [0.2, 0.25) is 10.0 Å². The van der Waals surface area contributed by atoms with E-state index in [1.54, 1.807) is 0 Å². The molecule has 1 aliphatic rings. The third-order valence-electron chi connectivity index (χ3n) is 4.13. The van der Waals surface area contributed by atoms with Crippen molar-refractivity contribution in [3.8, 4) is 0 Å². The fourth-order valence-electron chi connectivity index (χ4n) is 2.64. The largest absolute Gasteiger partial charge is 0.326 e. The van der Waals surface area contributed by atoms with Gasteiger partial charge in [-0.3, -0.25) is 0 Å². The Labute approximate surface area is 119 Å². The van der Waals surface area contributed by atoms with E-state index >= 15 is 0 Å². The minimum atomic E-state index is -3.80. The summed E-state index contributed by atoms with van der Waals surface area (Å²) in [4.78, 5) is -0.263. The van der Waals surface area contributed by atoms with Gasteiger partial charge in [-0.25, -0.2) is 12.8 Å². The van der Waals surface area contributed by atoms with Crippen molar-refractivity contribution in [3.63, 3.8) is 0 Å². The monoisotopic (exact) mass is 300 g/mol. The quantitative estimate of drug-likeness (QED) is 0.929. The highest BCUT2D eigenvalue weighted by Crippen LogP contribution is 2.30. The maximum Gasteiger partial charge on any atom is 0.246 e. The lowest BCUT2D eigenvalue weighted by Gasteiger charge is -2.36. The second kappa shape index (κ2) is 5.79. The number of piperidine rings is 1. The van der Waals surface area contributed by atoms with E-state index in [1.807, 2.05) is 13.8 Å². The lowest BCUT2D eigenvalue weighted by Crippen LogP contribution is -2.46. The van der Waals surface area contributed by atoms with Gasteiger partial charge >= 0.3 is 0 Å². The zero-order valence-electron chi connectivity index (χ0n) is 11.8. The Morgan fingerprint density at radius 3 is 2.75 bits per heavy atom. The summed E-state index contributed by atoms with van der Waals surface area (Å²) in [5.41, 5.74) is 6.12. The molecule has 6 heteroatoms. The smallest absolute Gasteiger partial charge is 0.246 e. The summed E-state index contributed by atoms with van der Waals surface area (Å²) in [5, 5.41) is 0. The molecule has 0 bridgehead atoms. The predicted molar refractivity (Wildman–Crippen MR) is 76.0 cm³/mol. The van der Waals surface area contributed by atoms with Crippen LogP contribution in [0.2, 0.25) is 0 Å². The SMILES string of the molecule is CC1CCCN(S(=O)(=O)c2cc(CN)ccc2F)C1C. The molecule has 2 unspecified atom stereocenters. The Bertz CT molecular complexity index is 589. The van der Waals surface area contributed by atoms with Gasteiger partial charge in [-0.05, 0) is 43.4 Å². The van der Waals surface area contributed by atoms with Crippen LogP contribution in [0.25, 0.3) is 0 Å². The van der Waals surface area contributed by atoms with Crippen molar-refractivity contribution >= 4 is 10.0 Å². The van der Waals surface area contributed by atoms with Crippen LogP contribution in [0, 0.1) is 11.7 Å². The van der Waals surface area contributed by atoms with Crippen LogP contribution in [0.3, 0.4) is 0 Å². The van der Waals surface area contributed by atoms with Crippen LogP contribution in [0.5, 0.6) is 0 Å². The molecule has 1 aromatic rings. The van der Waals surface area contributed by atoms with Gasteiger partial charge in [-0.15, -0.1) is 0 Å². The van der Waals surface area contributed by atoms with Gasteiger partial charge in [0.05, 0.1) is 0 Å².